The van der Waals surface area contributed by atoms with Gasteiger partial charge in [-0.1, -0.05) is 53.5 Å². The number of esters is 1. The number of methoxy groups -OCH3 is 1. The lowest BCUT2D eigenvalue weighted by molar-refractivity contribution is -0.192. The molecule has 4 heteroatoms. The topological polar surface area (TPSA) is 35.5 Å². The summed E-state index contributed by atoms with van der Waals surface area (Å²) in [5, 5.41) is 0. The van der Waals surface area contributed by atoms with E-state index < -0.39 is 8.32 Å². The Morgan fingerprint density at radius 3 is 2.31 bits per heavy atom. The van der Waals surface area contributed by atoms with E-state index >= 15 is 0 Å². The number of hydrogen-bond donors (Lipinski definition) is 0. The van der Waals surface area contributed by atoms with Crippen molar-refractivity contribution in [2.75, 3.05) is 7.11 Å². The van der Waals surface area contributed by atoms with E-state index in [4.69, 9.17) is 9.16 Å². The number of fused-ring (bicyclic) bond motifs is 5. The molecule has 0 aromatic carbocycles. The van der Waals surface area contributed by atoms with Crippen LogP contribution < -0.4 is 0 Å². The van der Waals surface area contributed by atoms with Crippen LogP contribution in [0.2, 0.25) is 19.6 Å². The molecule has 200 valence electrons. The van der Waals surface area contributed by atoms with Crippen LogP contribution in [0.5, 0.6) is 0 Å². The maximum atomic E-state index is 11.8. The Morgan fingerprint density at radius 1 is 1.03 bits per heavy atom. The molecular weight excluding hydrogens is 448 g/mol. The maximum Gasteiger partial charge on any atom is 0.330 e. The smallest absolute Gasteiger partial charge is 0.330 e. The molecule has 11 atom stereocenters. The molecule has 4 fully saturated rings. The Balaban J connectivity index is 1.71. The zero-order chi connectivity index (χ0) is 25.8. The molecule has 4 saturated carbocycles. The van der Waals surface area contributed by atoms with Crippen LogP contribution in [0.1, 0.15) is 86.0 Å². The minimum absolute atomic E-state index is 0.229. The van der Waals surface area contributed by atoms with Gasteiger partial charge in [-0.3, -0.25) is 0 Å². The van der Waals surface area contributed by atoms with Crippen molar-refractivity contribution in [3.63, 3.8) is 0 Å². The van der Waals surface area contributed by atoms with Crippen molar-refractivity contribution in [2.45, 2.75) is 112 Å². The Kier molecular flexibility index (Phi) is 7.78. The van der Waals surface area contributed by atoms with Gasteiger partial charge >= 0.3 is 5.97 Å². The predicted molar refractivity (Wildman–Crippen MR) is 147 cm³/mol. The Hall–Kier alpha value is -0.613. The van der Waals surface area contributed by atoms with E-state index in [1.165, 1.54) is 58.5 Å². The second kappa shape index (κ2) is 9.93. The van der Waals surface area contributed by atoms with Gasteiger partial charge in [0.2, 0.25) is 0 Å². The van der Waals surface area contributed by atoms with Gasteiger partial charge in [0, 0.05) is 6.08 Å². The summed E-state index contributed by atoms with van der Waals surface area (Å²) in [6.45, 7) is 19.8. The summed E-state index contributed by atoms with van der Waals surface area (Å²) < 4.78 is 12.2. The molecule has 0 spiro atoms. The van der Waals surface area contributed by atoms with Crippen LogP contribution >= 0.6 is 0 Å². The molecule has 4 aliphatic rings. The lowest BCUT2D eigenvalue weighted by atomic mass is 9.41. The average Bonchev–Trinajstić information content (AvgIpc) is 3.14. The number of carbonyl (C=O) groups excluding carboxylic acids is 1. The van der Waals surface area contributed by atoms with Crippen LogP contribution in [0.15, 0.2) is 12.2 Å². The minimum atomic E-state index is -1.68. The fraction of sp³-hybridized carbons (Fsp3) is 0.903. The zero-order valence-corrected chi connectivity index (χ0v) is 25.2. The maximum absolute atomic E-state index is 11.8. The SMILES string of the molecule is CC[C@H]1[C@@H](O[Si](C)(C)C)[C@@H]2[C@H](CC[C@]3(C)[C@@H]([C@H](C)/C=C/C(=O)OC)CC[C@@H]23)[C@@]2(C)CC[C@@H](C)C[C@@H]12. The standard InChI is InChI=1S/C31H54O3Si/c1-10-22-26-19-20(2)15-17-31(26,5)25-16-18-30(4)23(21(3)11-14-27(32)33-6)12-13-24(30)28(25)29(22)34-35(7,8)9/h11,14,20-26,28-29H,10,12-13,15-19H2,1-9H3/b14-11+/t20-,21-,22-,23-,24+,25+,26+,28+,29-,30-,31-/m1/s1. The first kappa shape index (κ1) is 27.4. The van der Waals surface area contributed by atoms with Crippen LogP contribution in [0.25, 0.3) is 0 Å². The van der Waals surface area contributed by atoms with E-state index in [-0.39, 0.29) is 5.97 Å². The molecule has 4 aliphatic carbocycles. The van der Waals surface area contributed by atoms with Gasteiger partial charge < -0.3 is 9.16 Å². The van der Waals surface area contributed by atoms with Crippen LogP contribution in [0, 0.1) is 58.2 Å². The average molecular weight is 503 g/mol. The molecular formula is C31H54O3Si. The number of ether oxygens (including phenoxy) is 1. The fourth-order valence-electron chi connectivity index (χ4n) is 10.1. The number of rotatable bonds is 6. The van der Waals surface area contributed by atoms with Crippen molar-refractivity contribution in [1.82, 2.24) is 0 Å². The highest BCUT2D eigenvalue weighted by atomic mass is 28.4. The fourth-order valence-corrected chi connectivity index (χ4v) is 11.2. The van der Waals surface area contributed by atoms with Gasteiger partial charge in [-0.15, -0.1) is 0 Å². The molecule has 35 heavy (non-hydrogen) atoms. The van der Waals surface area contributed by atoms with E-state index in [1.54, 1.807) is 6.08 Å². The van der Waals surface area contributed by atoms with E-state index in [2.05, 4.69) is 60.3 Å². The molecule has 3 nitrogen and oxygen atoms in total. The molecule has 0 heterocycles. The molecule has 0 aromatic rings. The Morgan fingerprint density at radius 2 is 1.69 bits per heavy atom. The summed E-state index contributed by atoms with van der Waals surface area (Å²) in [5.41, 5.74) is 0.818. The third kappa shape index (κ3) is 4.85. The molecule has 0 unspecified atom stereocenters. The van der Waals surface area contributed by atoms with Gasteiger partial charge in [0.1, 0.15) is 0 Å². The van der Waals surface area contributed by atoms with Gasteiger partial charge in [-0.2, -0.15) is 0 Å². The van der Waals surface area contributed by atoms with Gasteiger partial charge in [0.05, 0.1) is 13.2 Å². The zero-order valence-electron chi connectivity index (χ0n) is 24.2. The van der Waals surface area contributed by atoms with E-state index in [0.717, 1.165) is 23.7 Å². The summed E-state index contributed by atoms with van der Waals surface area (Å²) in [4.78, 5) is 11.8. The molecule has 0 bridgehead atoms. The van der Waals surface area contributed by atoms with Crippen LogP contribution in [0.4, 0.5) is 0 Å². The molecule has 0 amide bonds. The summed E-state index contributed by atoms with van der Waals surface area (Å²) in [6, 6.07) is 0. The summed E-state index contributed by atoms with van der Waals surface area (Å²) in [5.74, 6) is 5.44. The molecule has 0 saturated heterocycles. The van der Waals surface area contributed by atoms with Crippen molar-refractivity contribution in [3.8, 4) is 0 Å². The van der Waals surface area contributed by atoms with E-state index in [0.29, 0.717) is 40.6 Å². The van der Waals surface area contributed by atoms with Crippen molar-refractivity contribution < 1.29 is 14.0 Å². The van der Waals surface area contributed by atoms with Gasteiger partial charge in [-0.25, -0.2) is 4.79 Å². The lowest BCUT2D eigenvalue weighted by Crippen LogP contribution is -2.63. The first-order chi connectivity index (χ1) is 16.4. The summed E-state index contributed by atoms with van der Waals surface area (Å²) in [6.07, 6.45) is 15.0. The minimum Gasteiger partial charge on any atom is -0.466 e. The van der Waals surface area contributed by atoms with E-state index in [9.17, 15) is 4.79 Å². The van der Waals surface area contributed by atoms with Crippen molar-refractivity contribution >= 4 is 14.3 Å². The van der Waals surface area contributed by atoms with Crippen molar-refractivity contribution in [3.05, 3.63) is 12.2 Å². The normalized spacial score (nSPS) is 46.5. The first-order valence-electron chi connectivity index (χ1n) is 14.8. The molecule has 0 radical (unpaired) electrons. The molecule has 0 N–H and O–H groups in total. The first-order valence-corrected chi connectivity index (χ1v) is 18.2. The predicted octanol–water partition coefficient (Wildman–Crippen LogP) is 8.11. The van der Waals surface area contributed by atoms with Gasteiger partial charge in [0.25, 0.3) is 0 Å². The third-order valence-electron chi connectivity index (χ3n) is 11.6. The van der Waals surface area contributed by atoms with Gasteiger partial charge in [-0.05, 0) is 116 Å². The Labute approximate surface area is 217 Å². The molecule has 0 aliphatic heterocycles. The van der Waals surface area contributed by atoms with E-state index in [1.807, 2.05) is 0 Å². The van der Waals surface area contributed by atoms with Crippen molar-refractivity contribution in [1.29, 1.82) is 0 Å². The molecule has 0 aromatic heterocycles. The second-order valence-electron chi connectivity index (χ2n) is 14.5. The summed E-state index contributed by atoms with van der Waals surface area (Å²) in [7, 11) is -0.207. The highest BCUT2D eigenvalue weighted by Crippen LogP contribution is 2.70. The number of allylic oxidation sites excluding steroid dienone is 1. The number of carbonyl (C=O) groups is 1. The quantitative estimate of drug-likeness (QED) is 0.209. The molecule has 4 rings (SSSR count). The summed E-state index contributed by atoms with van der Waals surface area (Å²) >= 11 is 0. The largest absolute Gasteiger partial charge is 0.466 e. The lowest BCUT2D eigenvalue weighted by Gasteiger charge is -2.66. The van der Waals surface area contributed by atoms with Crippen LogP contribution in [0.3, 0.4) is 0 Å². The number of hydrogen-bond acceptors (Lipinski definition) is 3. The second-order valence-corrected chi connectivity index (χ2v) is 19.0. The third-order valence-corrected chi connectivity index (χ3v) is 12.6. The monoisotopic (exact) mass is 502 g/mol. The highest BCUT2D eigenvalue weighted by Gasteiger charge is 2.65. The Bertz CT molecular complexity index is 802. The van der Waals surface area contributed by atoms with Crippen LogP contribution in [-0.2, 0) is 14.0 Å². The highest BCUT2D eigenvalue weighted by molar-refractivity contribution is 6.69. The van der Waals surface area contributed by atoms with Crippen molar-refractivity contribution in [2.24, 2.45) is 58.2 Å². The van der Waals surface area contributed by atoms with Gasteiger partial charge in [0.15, 0.2) is 8.32 Å². The van der Waals surface area contributed by atoms with Crippen LogP contribution in [-0.4, -0.2) is 27.5 Å².